The number of aromatic nitrogens is 2. The van der Waals surface area contributed by atoms with Gasteiger partial charge in [0.15, 0.2) is 5.69 Å². The van der Waals surface area contributed by atoms with E-state index in [1.165, 1.54) is 5.56 Å². The Hall–Kier alpha value is -1.62. The Bertz CT molecular complexity index is 745. The van der Waals surface area contributed by atoms with Crippen molar-refractivity contribution in [1.82, 2.24) is 14.7 Å². The van der Waals surface area contributed by atoms with Crippen LogP contribution >= 0.6 is 15.9 Å². The van der Waals surface area contributed by atoms with Crippen molar-refractivity contribution in [2.75, 3.05) is 6.54 Å². The number of hydrogen-bond acceptors (Lipinski definition) is 2. The number of halogens is 1. The van der Waals surface area contributed by atoms with Gasteiger partial charge < -0.3 is 4.90 Å². The van der Waals surface area contributed by atoms with Gasteiger partial charge in [0.1, 0.15) is 0 Å². The average molecular weight is 376 g/mol. The van der Waals surface area contributed by atoms with Crippen molar-refractivity contribution >= 4 is 21.8 Å². The zero-order chi connectivity index (χ0) is 16.8. The normalized spacial score (nSPS) is 18.0. The van der Waals surface area contributed by atoms with E-state index in [9.17, 15) is 4.79 Å². The highest BCUT2D eigenvalue weighted by Crippen LogP contribution is 2.35. The number of rotatable bonds is 2. The molecule has 2 heterocycles. The van der Waals surface area contributed by atoms with E-state index in [4.69, 9.17) is 0 Å². The minimum absolute atomic E-state index is 0.0207. The smallest absolute Gasteiger partial charge is 0.274 e. The van der Waals surface area contributed by atoms with Crippen LogP contribution in [0.2, 0.25) is 0 Å². The summed E-state index contributed by atoms with van der Waals surface area (Å²) in [5.74, 6) is 0.0207. The maximum Gasteiger partial charge on any atom is 0.274 e. The lowest BCUT2D eigenvalue weighted by Crippen LogP contribution is -2.45. The van der Waals surface area contributed by atoms with Gasteiger partial charge in [-0.05, 0) is 57.9 Å². The van der Waals surface area contributed by atoms with Gasteiger partial charge in [0, 0.05) is 16.7 Å². The van der Waals surface area contributed by atoms with E-state index in [1.54, 1.807) is 0 Å². The number of carbonyl (C=O) groups excluding carboxylic acids is 1. The summed E-state index contributed by atoms with van der Waals surface area (Å²) in [6.45, 7) is 9.06. The first-order chi connectivity index (χ1) is 10.8. The van der Waals surface area contributed by atoms with E-state index in [0.717, 1.165) is 23.1 Å². The van der Waals surface area contributed by atoms with Gasteiger partial charge in [-0.15, -0.1) is 0 Å². The number of nitrogens with zero attached hydrogens (tertiary/aromatic N) is 3. The second kappa shape index (κ2) is 5.78. The maximum absolute atomic E-state index is 12.8. The SMILES string of the molecule is Cc1cc(C(=O)N2CC[C@H]2c2cccc(Br)c2)nn1C(C)(C)C. The molecule has 1 aromatic carbocycles. The third-order valence-electron chi connectivity index (χ3n) is 4.26. The molecule has 1 aromatic heterocycles. The molecule has 0 radical (unpaired) electrons. The molecule has 1 aliphatic heterocycles. The van der Waals surface area contributed by atoms with Crippen LogP contribution in [0, 0.1) is 6.92 Å². The van der Waals surface area contributed by atoms with Gasteiger partial charge in [0.25, 0.3) is 5.91 Å². The number of aryl methyl sites for hydroxylation is 1. The van der Waals surface area contributed by atoms with Crippen LogP contribution in [0.5, 0.6) is 0 Å². The fourth-order valence-corrected chi connectivity index (χ4v) is 3.51. The van der Waals surface area contributed by atoms with Crippen LogP contribution < -0.4 is 0 Å². The average Bonchev–Trinajstić information content (AvgIpc) is 2.79. The molecular formula is C18H22BrN3O. The fourth-order valence-electron chi connectivity index (χ4n) is 3.10. The van der Waals surface area contributed by atoms with Crippen LogP contribution in [0.25, 0.3) is 0 Å². The van der Waals surface area contributed by atoms with Crippen molar-refractivity contribution in [3.63, 3.8) is 0 Å². The summed E-state index contributed by atoms with van der Waals surface area (Å²) in [7, 11) is 0. The standard InChI is InChI=1S/C18H22BrN3O/c1-12-10-15(20-22(12)18(2,3)4)17(23)21-9-8-16(21)13-6-5-7-14(19)11-13/h5-7,10-11,16H,8-9H2,1-4H3/t16-/m0/s1. The summed E-state index contributed by atoms with van der Waals surface area (Å²) in [6.07, 6.45) is 1.00. The summed E-state index contributed by atoms with van der Waals surface area (Å²) < 4.78 is 2.97. The largest absolute Gasteiger partial charge is 0.330 e. The molecule has 1 aliphatic rings. The summed E-state index contributed by atoms with van der Waals surface area (Å²) in [5.41, 5.74) is 2.60. The monoisotopic (exact) mass is 375 g/mol. The van der Waals surface area contributed by atoms with Gasteiger partial charge in [-0.1, -0.05) is 28.1 Å². The van der Waals surface area contributed by atoms with E-state index in [-0.39, 0.29) is 17.5 Å². The number of amides is 1. The van der Waals surface area contributed by atoms with E-state index in [1.807, 2.05) is 34.7 Å². The highest BCUT2D eigenvalue weighted by Gasteiger charge is 2.35. The molecule has 5 heteroatoms. The molecule has 0 saturated carbocycles. The minimum atomic E-state index is -0.124. The third kappa shape index (κ3) is 3.07. The highest BCUT2D eigenvalue weighted by atomic mass is 79.9. The van der Waals surface area contributed by atoms with Crippen LogP contribution in [0.4, 0.5) is 0 Å². The summed E-state index contributed by atoms with van der Waals surface area (Å²) >= 11 is 3.50. The lowest BCUT2D eigenvalue weighted by atomic mass is 9.94. The zero-order valence-corrected chi connectivity index (χ0v) is 15.6. The van der Waals surface area contributed by atoms with Crippen molar-refractivity contribution in [1.29, 1.82) is 0 Å². The van der Waals surface area contributed by atoms with Crippen molar-refractivity contribution in [2.45, 2.75) is 45.7 Å². The van der Waals surface area contributed by atoms with Crippen molar-refractivity contribution in [3.05, 3.63) is 51.8 Å². The second-order valence-electron chi connectivity index (χ2n) is 7.11. The Labute approximate surface area is 145 Å². The Morgan fingerprint density at radius 2 is 2.04 bits per heavy atom. The molecule has 2 aromatic rings. The highest BCUT2D eigenvalue weighted by molar-refractivity contribution is 9.10. The lowest BCUT2D eigenvalue weighted by molar-refractivity contribution is 0.0452. The molecular weight excluding hydrogens is 354 g/mol. The van der Waals surface area contributed by atoms with Crippen molar-refractivity contribution in [3.8, 4) is 0 Å². The molecule has 0 unspecified atom stereocenters. The molecule has 0 N–H and O–H groups in total. The van der Waals surface area contributed by atoms with Gasteiger partial charge in [0.2, 0.25) is 0 Å². The Morgan fingerprint density at radius 1 is 1.30 bits per heavy atom. The third-order valence-corrected chi connectivity index (χ3v) is 4.75. The topological polar surface area (TPSA) is 38.1 Å². The Morgan fingerprint density at radius 3 is 2.57 bits per heavy atom. The molecule has 3 rings (SSSR count). The van der Waals surface area contributed by atoms with Gasteiger partial charge in [0.05, 0.1) is 11.6 Å². The second-order valence-corrected chi connectivity index (χ2v) is 8.03. The predicted octanol–water partition coefficient (Wildman–Crippen LogP) is 4.30. The molecule has 4 nitrogen and oxygen atoms in total. The van der Waals surface area contributed by atoms with E-state index >= 15 is 0 Å². The molecule has 0 spiro atoms. The first kappa shape index (κ1) is 16.2. The zero-order valence-electron chi connectivity index (χ0n) is 14.0. The fraction of sp³-hybridized carbons (Fsp3) is 0.444. The van der Waals surface area contributed by atoms with E-state index < -0.39 is 0 Å². The van der Waals surface area contributed by atoms with Gasteiger partial charge in [-0.25, -0.2) is 0 Å². The maximum atomic E-state index is 12.8. The van der Waals surface area contributed by atoms with Crippen LogP contribution in [0.15, 0.2) is 34.8 Å². The number of likely N-dealkylation sites (tertiary alicyclic amines) is 1. The summed E-state index contributed by atoms with van der Waals surface area (Å²) in [4.78, 5) is 14.7. The summed E-state index contributed by atoms with van der Waals surface area (Å²) in [5, 5.41) is 4.55. The number of benzene rings is 1. The molecule has 1 atom stereocenters. The van der Waals surface area contributed by atoms with Crippen LogP contribution in [0.1, 0.15) is 55.0 Å². The minimum Gasteiger partial charge on any atom is -0.330 e. The van der Waals surface area contributed by atoms with E-state index in [0.29, 0.717) is 5.69 Å². The molecule has 0 bridgehead atoms. The predicted molar refractivity (Wildman–Crippen MR) is 94.5 cm³/mol. The lowest BCUT2D eigenvalue weighted by Gasteiger charge is -2.41. The number of hydrogen-bond donors (Lipinski definition) is 0. The Balaban J connectivity index is 1.84. The molecule has 1 saturated heterocycles. The van der Waals surface area contributed by atoms with Crippen LogP contribution in [-0.2, 0) is 5.54 Å². The first-order valence-corrected chi connectivity index (χ1v) is 8.70. The Kier molecular flexibility index (Phi) is 4.08. The van der Waals surface area contributed by atoms with E-state index in [2.05, 4.69) is 53.9 Å². The van der Waals surface area contributed by atoms with Crippen molar-refractivity contribution < 1.29 is 4.79 Å². The molecule has 1 fully saturated rings. The van der Waals surface area contributed by atoms with Gasteiger partial charge in [-0.3, -0.25) is 9.48 Å². The van der Waals surface area contributed by atoms with Gasteiger partial charge in [-0.2, -0.15) is 5.10 Å². The quantitative estimate of drug-likeness (QED) is 0.784. The summed E-state index contributed by atoms with van der Waals surface area (Å²) in [6, 6.07) is 10.2. The number of carbonyl (C=O) groups is 1. The molecule has 23 heavy (non-hydrogen) atoms. The van der Waals surface area contributed by atoms with Crippen molar-refractivity contribution in [2.24, 2.45) is 0 Å². The molecule has 122 valence electrons. The van der Waals surface area contributed by atoms with Crippen LogP contribution in [-0.4, -0.2) is 27.1 Å². The van der Waals surface area contributed by atoms with Crippen LogP contribution in [0.3, 0.4) is 0 Å². The molecule has 1 amide bonds. The van der Waals surface area contributed by atoms with Gasteiger partial charge >= 0.3 is 0 Å². The molecule has 0 aliphatic carbocycles. The first-order valence-electron chi connectivity index (χ1n) is 7.91.